The molecular formula is C43H37F3N4O12. The van der Waals surface area contributed by atoms with Crippen LogP contribution in [0.4, 0.5) is 13.2 Å². The molecule has 0 aliphatic rings. The maximum atomic E-state index is 13.2. The highest BCUT2D eigenvalue weighted by molar-refractivity contribution is 5.98. The van der Waals surface area contributed by atoms with Crippen LogP contribution < -0.4 is 5.73 Å². The van der Waals surface area contributed by atoms with Gasteiger partial charge in [-0.1, -0.05) is 36.4 Å². The predicted octanol–water partition coefficient (Wildman–Crippen LogP) is 6.43. The third-order valence-corrected chi connectivity index (χ3v) is 7.92. The molecule has 0 radical (unpaired) electrons. The molecule has 0 amide bonds. The molecule has 19 heteroatoms. The summed E-state index contributed by atoms with van der Waals surface area (Å²) < 4.78 is 47.7. The second-order valence-corrected chi connectivity index (χ2v) is 12.2. The van der Waals surface area contributed by atoms with Gasteiger partial charge in [-0.25, -0.2) is 37.7 Å². The number of halogens is 3. The summed E-state index contributed by atoms with van der Waals surface area (Å²) in [6, 6.07) is 21.1. The van der Waals surface area contributed by atoms with Crippen LogP contribution in [0.15, 0.2) is 110 Å². The van der Waals surface area contributed by atoms with Gasteiger partial charge in [0.1, 0.15) is 40.4 Å². The van der Waals surface area contributed by atoms with E-state index in [1.165, 1.54) is 106 Å². The van der Waals surface area contributed by atoms with Crippen molar-refractivity contribution in [3.8, 4) is 50.6 Å². The fourth-order valence-electron chi connectivity index (χ4n) is 4.90. The van der Waals surface area contributed by atoms with E-state index in [4.69, 9.17) is 15.9 Å². The molecule has 7 N–H and O–H groups in total. The molecule has 0 bridgehead atoms. The van der Waals surface area contributed by atoms with E-state index in [1.54, 1.807) is 18.2 Å². The number of hydrogen-bond acceptors (Lipinski definition) is 14. The number of nitrogens with zero attached hydrogens (tertiary/aromatic N) is 3. The van der Waals surface area contributed by atoms with Crippen molar-refractivity contribution in [1.82, 2.24) is 15.0 Å². The zero-order valence-corrected chi connectivity index (χ0v) is 32.7. The Morgan fingerprint density at radius 2 is 0.855 bits per heavy atom. The number of benzene rings is 3. The summed E-state index contributed by atoms with van der Waals surface area (Å²) >= 11 is 0. The predicted molar refractivity (Wildman–Crippen MR) is 214 cm³/mol. The van der Waals surface area contributed by atoms with Gasteiger partial charge in [-0.3, -0.25) is 14.4 Å². The minimum absolute atomic E-state index is 0.0312. The Morgan fingerprint density at radius 3 is 1.11 bits per heavy atom. The van der Waals surface area contributed by atoms with Crippen LogP contribution in [0.3, 0.4) is 0 Å². The van der Waals surface area contributed by atoms with Gasteiger partial charge >= 0.3 is 23.9 Å². The average molecular weight is 859 g/mol. The Labute approximate surface area is 350 Å². The molecule has 322 valence electrons. The maximum absolute atomic E-state index is 13.2. The van der Waals surface area contributed by atoms with Gasteiger partial charge in [0.2, 0.25) is 0 Å². The van der Waals surface area contributed by atoms with Gasteiger partial charge in [0.15, 0.2) is 17.2 Å². The summed E-state index contributed by atoms with van der Waals surface area (Å²) in [6.45, 7) is -0.0312. The number of Topliss-reactive ketones (excluding diaryl/α,β-unsaturated/α-hetero) is 1. The lowest BCUT2D eigenvalue weighted by atomic mass is 10.1. The maximum Gasteiger partial charge on any atom is 0.358 e. The number of ether oxygens (including phenoxy) is 2. The first-order valence-electron chi connectivity index (χ1n) is 17.7. The standard InChI is InChI=1S/C16H14FNO4.2C12H8FNO3.C3H7NO2/c1-22-15(21)6-5-13(19)16-14(20)8-11(9-18-16)10-3-2-4-12(17)7-10;2*13-9-3-1-2-7(4-9)8-5-10(15)11(12(16)17)14-6-8;1-6-3(5)2-4/h2-4,7-9,20H,5-6H2,1H3;2*1-6,15H,(H,16,17);2,4H2,1H3. The van der Waals surface area contributed by atoms with Gasteiger partial charge in [0.05, 0.1) is 27.2 Å². The second-order valence-electron chi connectivity index (χ2n) is 12.2. The highest BCUT2D eigenvalue weighted by Gasteiger charge is 2.17. The van der Waals surface area contributed by atoms with E-state index >= 15 is 0 Å². The van der Waals surface area contributed by atoms with Crippen molar-refractivity contribution in [3.63, 3.8) is 0 Å². The van der Waals surface area contributed by atoms with E-state index in [1.807, 2.05) is 0 Å². The normalized spacial score (nSPS) is 9.97. The average Bonchev–Trinajstić information content (AvgIpc) is 3.25. The number of carboxylic acids is 2. The van der Waals surface area contributed by atoms with E-state index in [9.17, 15) is 52.5 Å². The van der Waals surface area contributed by atoms with Crippen LogP contribution >= 0.6 is 0 Å². The van der Waals surface area contributed by atoms with Crippen molar-refractivity contribution in [2.24, 2.45) is 5.73 Å². The molecule has 6 rings (SSSR count). The fraction of sp³-hybridized carbons (Fsp3) is 0.116. The molecule has 3 heterocycles. The zero-order valence-electron chi connectivity index (χ0n) is 32.7. The van der Waals surface area contributed by atoms with Crippen LogP contribution in [0.1, 0.15) is 44.3 Å². The largest absolute Gasteiger partial charge is 0.506 e. The topological polar surface area (TPSA) is 270 Å². The number of carbonyl (C=O) groups excluding carboxylic acids is 3. The lowest BCUT2D eigenvalue weighted by molar-refractivity contribution is -0.140. The van der Waals surface area contributed by atoms with Gasteiger partial charge in [0, 0.05) is 41.7 Å². The molecule has 0 atom stereocenters. The number of carboxylic acid groups (broad SMARTS) is 2. The molecular weight excluding hydrogens is 821 g/mol. The molecule has 0 unspecified atom stereocenters. The SMILES string of the molecule is COC(=O)CCC(=O)c1ncc(-c2cccc(F)c2)cc1O.COC(=O)CN.O=C(O)c1ncc(-c2cccc(F)c2)cc1O.O=C(O)c1ncc(-c2cccc(F)c2)cc1O. The second kappa shape index (κ2) is 23.4. The fourth-order valence-corrected chi connectivity index (χ4v) is 4.90. The summed E-state index contributed by atoms with van der Waals surface area (Å²) in [7, 11) is 2.53. The number of methoxy groups -OCH3 is 2. The van der Waals surface area contributed by atoms with Crippen LogP contribution in [0.25, 0.3) is 33.4 Å². The molecule has 62 heavy (non-hydrogen) atoms. The number of pyridine rings is 3. The summed E-state index contributed by atoms with van der Waals surface area (Å²) in [5.41, 5.74) is 6.80. The van der Waals surface area contributed by atoms with E-state index in [0.717, 1.165) is 0 Å². The van der Waals surface area contributed by atoms with Crippen molar-refractivity contribution < 1.29 is 72.2 Å². The number of aromatic hydroxyl groups is 3. The summed E-state index contributed by atoms with van der Waals surface area (Å²) in [6.07, 6.45) is 3.74. The van der Waals surface area contributed by atoms with Gasteiger partial charge in [0.25, 0.3) is 0 Å². The molecule has 3 aromatic carbocycles. The first-order valence-corrected chi connectivity index (χ1v) is 17.7. The van der Waals surface area contributed by atoms with E-state index < -0.39 is 64.0 Å². The molecule has 0 saturated carbocycles. The smallest absolute Gasteiger partial charge is 0.358 e. The summed E-state index contributed by atoms with van der Waals surface area (Å²) in [5.74, 6) is -6.41. The molecule has 0 aliphatic heterocycles. The third-order valence-electron chi connectivity index (χ3n) is 7.92. The summed E-state index contributed by atoms with van der Waals surface area (Å²) in [4.78, 5) is 65.2. The Morgan fingerprint density at radius 1 is 0.516 bits per heavy atom. The number of carbonyl (C=O) groups is 5. The Bertz CT molecular complexity index is 2450. The van der Waals surface area contributed by atoms with Crippen molar-refractivity contribution in [1.29, 1.82) is 0 Å². The van der Waals surface area contributed by atoms with Crippen molar-refractivity contribution >= 4 is 29.7 Å². The van der Waals surface area contributed by atoms with Crippen LogP contribution in [0.5, 0.6) is 17.2 Å². The lowest BCUT2D eigenvalue weighted by Crippen LogP contribution is -2.14. The number of rotatable bonds is 10. The first kappa shape index (κ1) is 48.2. The van der Waals surface area contributed by atoms with E-state index in [0.29, 0.717) is 33.4 Å². The number of ketones is 1. The molecule has 3 aromatic heterocycles. The van der Waals surface area contributed by atoms with E-state index in [-0.39, 0.29) is 36.8 Å². The molecule has 6 aromatic rings. The Kier molecular flexibility index (Phi) is 18.2. The monoisotopic (exact) mass is 858 g/mol. The molecule has 0 saturated heterocycles. The van der Waals surface area contributed by atoms with Crippen molar-refractivity contribution in [2.75, 3.05) is 20.8 Å². The van der Waals surface area contributed by atoms with Crippen molar-refractivity contribution in [3.05, 3.63) is 144 Å². The van der Waals surface area contributed by atoms with Crippen LogP contribution in [0, 0.1) is 17.5 Å². The van der Waals surface area contributed by atoms with Gasteiger partial charge < -0.3 is 40.7 Å². The first-order chi connectivity index (χ1) is 29.5. The Hall–Kier alpha value is -8.19. The highest BCUT2D eigenvalue weighted by atomic mass is 19.1. The molecule has 16 nitrogen and oxygen atoms in total. The summed E-state index contributed by atoms with van der Waals surface area (Å²) in [5, 5.41) is 46.2. The van der Waals surface area contributed by atoms with Gasteiger partial charge in [-0.15, -0.1) is 0 Å². The number of aromatic carboxylic acids is 2. The van der Waals surface area contributed by atoms with Gasteiger partial charge in [-0.2, -0.15) is 0 Å². The minimum atomic E-state index is -1.31. The molecule has 0 spiro atoms. The molecule has 0 fully saturated rings. The Balaban J connectivity index is 0.000000234. The lowest BCUT2D eigenvalue weighted by Gasteiger charge is -2.06. The van der Waals surface area contributed by atoms with E-state index in [2.05, 4.69) is 24.4 Å². The van der Waals surface area contributed by atoms with Crippen LogP contribution in [0.2, 0.25) is 0 Å². The number of esters is 2. The van der Waals surface area contributed by atoms with Gasteiger partial charge in [-0.05, 0) is 71.3 Å². The number of hydrogen-bond donors (Lipinski definition) is 6. The zero-order chi connectivity index (χ0) is 45.9. The number of nitrogens with two attached hydrogens (primary N) is 1. The highest BCUT2D eigenvalue weighted by Crippen LogP contribution is 2.28. The van der Waals surface area contributed by atoms with Crippen molar-refractivity contribution in [2.45, 2.75) is 12.8 Å². The van der Waals surface area contributed by atoms with Crippen LogP contribution in [-0.4, -0.2) is 90.9 Å². The number of aromatic nitrogens is 3. The minimum Gasteiger partial charge on any atom is -0.506 e. The quantitative estimate of drug-likeness (QED) is 0.0640. The third kappa shape index (κ3) is 14.6. The van der Waals surface area contributed by atoms with Crippen LogP contribution in [-0.2, 0) is 19.1 Å². The molecule has 0 aliphatic carbocycles.